The van der Waals surface area contributed by atoms with Crippen molar-refractivity contribution in [3.05, 3.63) is 65.2 Å². The van der Waals surface area contributed by atoms with Crippen LogP contribution in [0.3, 0.4) is 0 Å². The maximum absolute atomic E-state index is 13.5. The van der Waals surface area contributed by atoms with Crippen LogP contribution in [0.25, 0.3) is 0 Å². The number of fused-ring (bicyclic) bond motifs is 3. The van der Waals surface area contributed by atoms with Crippen LogP contribution < -0.4 is 10.6 Å². The molecule has 0 saturated carbocycles. The van der Waals surface area contributed by atoms with Crippen molar-refractivity contribution >= 4 is 5.69 Å². The zero-order valence-corrected chi connectivity index (χ0v) is 19.9. The maximum atomic E-state index is 13.5. The predicted octanol–water partition coefficient (Wildman–Crippen LogP) is 5.02. The molecule has 0 aromatic heterocycles. The summed E-state index contributed by atoms with van der Waals surface area (Å²) in [6, 6.07) is 14.1. The van der Waals surface area contributed by atoms with E-state index in [2.05, 4.69) is 27.7 Å². The van der Waals surface area contributed by atoms with Gasteiger partial charge in [0, 0.05) is 36.8 Å². The standard InChI is InChI=1S/C27H34F3N3O2/c28-27(29,30)20-7-10-24-23(17-20)26-22(25(32-24)19-5-2-1-3-6-19)9-8-21(35-26)18-31-11-4-12-33-13-15-34-16-14-33/h1-3,5-7,10,17,21-22,25-26,31-32H,4,8-9,11-16,18H2/t21-,22+,25+,26+/m1/s1. The number of alkyl halides is 3. The molecule has 4 atom stereocenters. The number of benzene rings is 2. The third kappa shape index (κ3) is 5.82. The minimum absolute atomic E-state index is 0.00729. The molecular formula is C27H34F3N3O2. The van der Waals surface area contributed by atoms with Crippen molar-refractivity contribution in [2.24, 2.45) is 5.92 Å². The van der Waals surface area contributed by atoms with E-state index < -0.39 is 11.7 Å². The van der Waals surface area contributed by atoms with Crippen LogP contribution in [-0.4, -0.2) is 56.9 Å². The lowest BCUT2D eigenvalue weighted by molar-refractivity contribution is -0.138. The van der Waals surface area contributed by atoms with Crippen molar-refractivity contribution in [1.82, 2.24) is 10.2 Å². The Labute approximate surface area is 205 Å². The minimum Gasteiger partial charge on any atom is -0.379 e. The SMILES string of the molecule is FC(F)(F)c1ccc2c(c1)[C@H]1O[C@@H](CNCCCN3CCOCC3)CC[C@H]1[C@H](c1ccccc1)N2. The lowest BCUT2D eigenvalue weighted by atomic mass is 9.76. The summed E-state index contributed by atoms with van der Waals surface area (Å²) in [5, 5.41) is 7.03. The second-order valence-corrected chi connectivity index (χ2v) is 9.76. The summed E-state index contributed by atoms with van der Waals surface area (Å²) in [6.45, 7) is 6.25. The Balaban J connectivity index is 1.26. The predicted molar refractivity (Wildman–Crippen MR) is 129 cm³/mol. The molecule has 190 valence electrons. The molecule has 5 nitrogen and oxygen atoms in total. The van der Waals surface area contributed by atoms with Crippen LogP contribution in [0.15, 0.2) is 48.5 Å². The molecule has 2 fully saturated rings. The molecular weight excluding hydrogens is 455 g/mol. The average molecular weight is 490 g/mol. The van der Waals surface area contributed by atoms with Crippen LogP contribution in [0.1, 0.15) is 48.1 Å². The van der Waals surface area contributed by atoms with E-state index in [1.165, 1.54) is 6.07 Å². The number of ether oxygens (including phenoxy) is 2. The Hall–Kier alpha value is -2.13. The van der Waals surface area contributed by atoms with Gasteiger partial charge in [0.15, 0.2) is 0 Å². The van der Waals surface area contributed by atoms with E-state index in [4.69, 9.17) is 9.47 Å². The van der Waals surface area contributed by atoms with Gasteiger partial charge < -0.3 is 20.1 Å². The van der Waals surface area contributed by atoms with Gasteiger partial charge in [-0.05, 0) is 56.1 Å². The van der Waals surface area contributed by atoms with Gasteiger partial charge in [-0.3, -0.25) is 4.90 Å². The summed E-state index contributed by atoms with van der Waals surface area (Å²) in [7, 11) is 0. The molecule has 3 aliphatic heterocycles. The van der Waals surface area contributed by atoms with Gasteiger partial charge in [0.1, 0.15) is 0 Å². The highest BCUT2D eigenvalue weighted by molar-refractivity contribution is 5.58. The monoisotopic (exact) mass is 489 g/mol. The number of anilines is 1. The second-order valence-electron chi connectivity index (χ2n) is 9.76. The highest BCUT2D eigenvalue weighted by atomic mass is 19.4. The molecule has 35 heavy (non-hydrogen) atoms. The van der Waals surface area contributed by atoms with Crippen molar-refractivity contribution in [3.63, 3.8) is 0 Å². The van der Waals surface area contributed by atoms with Crippen molar-refractivity contribution in [2.45, 2.75) is 43.7 Å². The summed E-state index contributed by atoms with van der Waals surface area (Å²) in [4.78, 5) is 2.42. The van der Waals surface area contributed by atoms with Crippen LogP contribution in [-0.2, 0) is 15.7 Å². The first-order chi connectivity index (χ1) is 17.0. The molecule has 0 radical (unpaired) electrons. The summed E-state index contributed by atoms with van der Waals surface area (Å²) in [5.41, 5.74) is 1.86. The van der Waals surface area contributed by atoms with Crippen LogP contribution >= 0.6 is 0 Å². The number of nitrogens with zero attached hydrogens (tertiary/aromatic N) is 1. The molecule has 0 bridgehead atoms. The molecule has 2 N–H and O–H groups in total. The van der Waals surface area contributed by atoms with E-state index in [0.717, 1.165) is 76.0 Å². The highest BCUT2D eigenvalue weighted by Crippen LogP contribution is 2.51. The third-order valence-corrected chi connectivity index (χ3v) is 7.44. The fourth-order valence-corrected chi connectivity index (χ4v) is 5.59. The molecule has 8 heteroatoms. The van der Waals surface area contributed by atoms with Gasteiger partial charge in [-0.1, -0.05) is 30.3 Å². The topological polar surface area (TPSA) is 45.8 Å². The molecule has 2 aromatic carbocycles. The normalized spacial score (nSPS) is 27.1. The van der Waals surface area contributed by atoms with E-state index in [1.807, 2.05) is 18.2 Å². The van der Waals surface area contributed by atoms with Crippen molar-refractivity contribution in [3.8, 4) is 0 Å². The van der Waals surface area contributed by atoms with Crippen molar-refractivity contribution in [2.75, 3.05) is 51.3 Å². The Morgan fingerprint density at radius 1 is 1.03 bits per heavy atom. The molecule has 2 saturated heterocycles. The lowest BCUT2D eigenvalue weighted by Gasteiger charge is -2.46. The van der Waals surface area contributed by atoms with Gasteiger partial charge in [-0.2, -0.15) is 13.2 Å². The highest BCUT2D eigenvalue weighted by Gasteiger charge is 2.43. The first-order valence-corrected chi connectivity index (χ1v) is 12.7. The number of morpholine rings is 1. The van der Waals surface area contributed by atoms with Gasteiger partial charge in [0.05, 0.1) is 37.0 Å². The smallest absolute Gasteiger partial charge is 0.379 e. The number of hydrogen-bond donors (Lipinski definition) is 2. The lowest BCUT2D eigenvalue weighted by Crippen LogP contribution is -2.42. The summed E-state index contributed by atoms with van der Waals surface area (Å²) < 4.78 is 52.4. The van der Waals surface area contributed by atoms with Crippen LogP contribution in [0.5, 0.6) is 0 Å². The van der Waals surface area contributed by atoms with Crippen LogP contribution in [0.2, 0.25) is 0 Å². The molecule has 0 amide bonds. The van der Waals surface area contributed by atoms with Gasteiger partial charge in [0.25, 0.3) is 0 Å². The first kappa shape index (κ1) is 24.6. The molecule has 0 spiro atoms. The van der Waals surface area contributed by atoms with E-state index in [1.54, 1.807) is 6.07 Å². The molecule has 2 aromatic rings. The largest absolute Gasteiger partial charge is 0.416 e. The van der Waals surface area contributed by atoms with Crippen molar-refractivity contribution in [1.29, 1.82) is 0 Å². The van der Waals surface area contributed by atoms with E-state index in [9.17, 15) is 13.2 Å². The third-order valence-electron chi connectivity index (χ3n) is 7.44. The van der Waals surface area contributed by atoms with E-state index >= 15 is 0 Å². The van der Waals surface area contributed by atoms with Gasteiger partial charge in [-0.15, -0.1) is 0 Å². The Bertz CT molecular complexity index is 966. The van der Waals surface area contributed by atoms with Crippen molar-refractivity contribution < 1.29 is 22.6 Å². The Morgan fingerprint density at radius 2 is 1.83 bits per heavy atom. The second kappa shape index (κ2) is 10.9. The first-order valence-electron chi connectivity index (χ1n) is 12.7. The number of hydrogen-bond acceptors (Lipinski definition) is 5. The maximum Gasteiger partial charge on any atom is 0.416 e. The molecule has 0 aliphatic carbocycles. The zero-order chi connectivity index (χ0) is 24.3. The number of halogens is 3. The Kier molecular flexibility index (Phi) is 7.62. The van der Waals surface area contributed by atoms with Gasteiger partial charge in [0.2, 0.25) is 0 Å². The zero-order valence-electron chi connectivity index (χ0n) is 19.9. The summed E-state index contributed by atoms with van der Waals surface area (Å²) in [6.07, 6.45) is -1.93. The fraction of sp³-hybridized carbons (Fsp3) is 0.556. The van der Waals surface area contributed by atoms with Crippen LogP contribution in [0, 0.1) is 5.92 Å². The average Bonchev–Trinajstić information content (AvgIpc) is 2.88. The summed E-state index contributed by atoms with van der Waals surface area (Å²) >= 11 is 0. The molecule has 5 rings (SSSR count). The van der Waals surface area contributed by atoms with Crippen LogP contribution in [0.4, 0.5) is 18.9 Å². The van der Waals surface area contributed by atoms with E-state index in [-0.39, 0.29) is 24.2 Å². The molecule has 3 aliphatic rings. The molecule has 0 unspecified atom stereocenters. The number of rotatable bonds is 7. The fourth-order valence-electron chi connectivity index (χ4n) is 5.59. The molecule has 3 heterocycles. The summed E-state index contributed by atoms with van der Waals surface area (Å²) in [5.74, 6) is 0.0750. The minimum atomic E-state index is -4.38. The van der Waals surface area contributed by atoms with Gasteiger partial charge in [-0.25, -0.2) is 0 Å². The Morgan fingerprint density at radius 3 is 2.60 bits per heavy atom. The van der Waals surface area contributed by atoms with Gasteiger partial charge >= 0.3 is 6.18 Å². The number of nitrogens with one attached hydrogen (secondary N) is 2. The van der Waals surface area contributed by atoms with E-state index in [0.29, 0.717) is 12.1 Å². The quantitative estimate of drug-likeness (QED) is 0.535.